The molecule has 2 N–H and O–H groups in total. The van der Waals surface area contributed by atoms with Gasteiger partial charge in [0.25, 0.3) is 0 Å². The maximum Gasteiger partial charge on any atom is 0.0612 e. The third kappa shape index (κ3) is 3.30. The van der Waals surface area contributed by atoms with Crippen LogP contribution in [0.5, 0.6) is 0 Å². The molecule has 1 aliphatic rings. The molecule has 0 saturated carbocycles. The first kappa shape index (κ1) is 13.5. The summed E-state index contributed by atoms with van der Waals surface area (Å²) in [5, 5.41) is 0.745. The predicted molar refractivity (Wildman–Crippen MR) is 79.4 cm³/mol. The molecule has 100 valence electrons. The van der Waals surface area contributed by atoms with Crippen molar-refractivity contribution in [3.63, 3.8) is 0 Å². The van der Waals surface area contributed by atoms with E-state index in [0.717, 1.165) is 28.9 Å². The second-order valence-corrected chi connectivity index (χ2v) is 5.77. The first-order valence-corrected chi connectivity index (χ1v) is 6.89. The Balaban J connectivity index is 1.98. The Labute approximate surface area is 115 Å². The molecule has 0 aliphatic carbocycles. The zero-order valence-corrected chi connectivity index (χ0v) is 12.0. The molecule has 0 bridgehead atoms. The minimum Gasteiger partial charge on any atom is -0.397 e. The molecule has 0 amide bonds. The van der Waals surface area contributed by atoms with Crippen LogP contribution >= 0.6 is 11.6 Å². The summed E-state index contributed by atoms with van der Waals surface area (Å²) in [5.41, 5.74) is 7.85. The molecule has 1 aliphatic heterocycles. The number of hydrogen-bond donors (Lipinski definition) is 1. The minimum atomic E-state index is 0.745. The molecule has 1 heterocycles. The topological polar surface area (TPSA) is 32.5 Å². The summed E-state index contributed by atoms with van der Waals surface area (Å²) in [5.74, 6) is 0.754. The molecule has 3 nitrogen and oxygen atoms in total. The van der Waals surface area contributed by atoms with Gasteiger partial charge in [-0.15, -0.1) is 0 Å². The molecular formula is C14H22ClN3. The van der Waals surface area contributed by atoms with Crippen molar-refractivity contribution in [1.29, 1.82) is 0 Å². The highest BCUT2D eigenvalue weighted by atomic mass is 35.5. The van der Waals surface area contributed by atoms with Crippen LogP contribution in [0.25, 0.3) is 0 Å². The van der Waals surface area contributed by atoms with Crippen LogP contribution in [0, 0.1) is 5.92 Å². The number of piperidine rings is 1. The third-order valence-electron chi connectivity index (χ3n) is 3.77. The molecule has 2 rings (SSSR count). The van der Waals surface area contributed by atoms with Gasteiger partial charge in [0.05, 0.1) is 11.4 Å². The normalized spacial score (nSPS) is 17.9. The molecule has 1 saturated heterocycles. The van der Waals surface area contributed by atoms with Gasteiger partial charge in [-0.1, -0.05) is 11.6 Å². The van der Waals surface area contributed by atoms with Gasteiger partial charge >= 0.3 is 0 Å². The van der Waals surface area contributed by atoms with Crippen LogP contribution in [-0.2, 0) is 0 Å². The fraction of sp³-hybridized carbons (Fsp3) is 0.571. The molecule has 0 radical (unpaired) electrons. The number of nitrogens with zero attached hydrogens (tertiary/aromatic N) is 2. The number of rotatable bonds is 3. The van der Waals surface area contributed by atoms with E-state index < -0.39 is 0 Å². The van der Waals surface area contributed by atoms with E-state index in [1.807, 2.05) is 18.2 Å². The molecule has 4 heteroatoms. The minimum absolute atomic E-state index is 0.745. The Kier molecular flexibility index (Phi) is 4.36. The van der Waals surface area contributed by atoms with Crippen LogP contribution < -0.4 is 10.6 Å². The number of benzene rings is 1. The average molecular weight is 268 g/mol. The lowest BCUT2D eigenvalue weighted by atomic mass is 9.96. The first-order chi connectivity index (χ1) is 8.56. The largest absolute Gasteiger partial charge is 0.397 e. The molecule has 1 aromatic carbocycles. The lowest BCUT2D eigenvalue weighted by Gasteiger charge is -2.32. The lowest BCUT2D eigenvalue weighted by molar-refractivity contribution is 0.222. The average Bonchev–Trinajstić information content (AvgIpc) is 2.35. The molecule has 1 fully saturated rings. The van der Waals surface area contributed by atoms with E-state index in [9.17, 15) is 0 Å². The van der Waals surface area contributed by atoms with Crippen LogP contribution in [0.15, 0.2) is 18.2 Å². The zero-order valence-electron chi connectivity index (χ0n) is 11.2. The van der Waals surface area contributed by atoms with E-state index in [1.54, 1.807) is 0 Å². The summed E-state index contributed by atoms with van der Waals surface area (Å²) in [4.78, 5) is 4.63. The molecule has 18 heavy (non-hydrogen) atoms. The van der Waals surface area contributed by atoms with Crippen LogP contribution in [0.1, 0.15) is 12.8 Å². The summed E-state index contributed by atoms with van der Waals surface area (Å²) in [6.07, 6.45) is 2.53. The number of halogens is 1. The highest BCUT2D eigenvalue weighted by molar-refractivity contribution is 6.31. The molecule has 0 aromatic heterocycles. The van der Waals surface area contributed by atoms with Crippen LogP contribution in [-0.4, -0.2) is 38.6 Å². The van der Waals surface area contributed by atoms with Crippen molar-refractivity contribution in [3.05, 3.63) is 23.2 Å². The fourth-order valence-electron chi connectivity index (χ4n) is 2.58. The predicted octanol–water partition coefficient (Wildman–Crippen LogP) is 2.70. The SMILES string of the molecule is CN1CCC(CN(C)c2cc(Cl)ccc2N)CC1. The Morgan fingerprint density at radius 1 is 1.39 bits per heavy atom. The van der Waals surface area contributed by atoms with Crippen molar-refractivity contribution < 1.29 is 0 Å². The smallest absolute Gasteiger partial charge is 0.0612 e. The van der Waals surface area contributed by atoms with Crippen molar-refractivity contribution in [1.82, 2.24) is 4.90 Å². The number of likely N-dealkylation sites (tertiary alicyclic amines) is 1. The lowest BCUT2D eigenvalue weighted by Crippen LogP contribution is -2.35. The van der Waals surface area contributed by atoms with Crippen molar-refractivity contribution in [2.75, 3.05) is 44.4 Å². The van der Waals surface area contributed by atoms with Crippen molar-refractivity contribution in [2.45, 2.75) is 12.8 Å². The number of hydrogen-bond acceptors (Lipinski definition) is 3. The Bertz CT molecular complexity index is 400. The van der Waals surface area contributed by atoms with Crippen molar-refractivity contribution in [2.24, 2.45) is 5.92 Å². The maximum absolute atomic E-state index is 6.03. The highest BCUT2D eigenvalue weighted by Gasteiger charge is 2.19. The fourth-order valence-corrected chi connectivity index (χ4v) is 2.74. The Morgan fingerprint density at radius 2 is 2.06 bits per heavy atom. The van der Waals surface area contributed by atoms with Gasteiger partial charge in [0.2, 0.25) is 0 Å². The summed E-state index contributed by atoms with van der Waals surface area (Å²) in [6, 6.07) is 5.67. The van der Waals surface area contributed by atoms with Gasteiger partial charge in [-0.25, -0.2) is 0 Å². The van der Waals surface area contributed by atoms with E-state index in [4.69, 9.17) is 17.3 Å². The van der Waals surface area contributed by atoms with Gasteiger partial charge < -0.3 is 15.5 Å². The summed E-state index contributed by atoms with van der Waals surface area (Å²) in [7, 11) is 4.29. The molecule has 0 spiro atoms. The Hall–Kier alpha value is -0.930. The van der Waals surface area contributed by atoms with E-state index in [-0.39, 0.29) is 0 Å². The van der Waals surface area contributed by atoms with Gasteiger partial charge in [-0.3, -0.25) is 0 Å². The first-order valence-electron chi connectivity index (χ1n) is 6.51. The van der Waals surface area contributed by atoms with Gasteiger partial charge in [-0.2, -0.15) is 0 Å². The number of nitrogen functional groups attached to an aromatic ring is 1. The van der Waals surface area contributed by atoms with E-state index in [2.05, 4.69) is 23.9 Å². The monoisotopic (exact) mass is 267 g/mol. The van der Waals surface area contributed by atoms with Crippen molar-refractivity contribution in [3.8, 4) is 0 Å². The summed E-state index contributed by atoms with van der Waals surface area (Å²) in [6.45, 7) is 3.45. The molecular weight excluding hydrogens is 246 g/mol. The summed E-state index contributed by atoms with van der Waals surface area (Å²) >= 11 is 6.03. The number of nitrogens with two attached hydrogens (primary N) is 1. The van der Waals surface area contributed by atoms with Gasteiger partial charge in [0.15, 0.2) is 0 Å². The molecule has 1 aromatic rings. The quantitative estimate of drug-likeness (QED) is 0.855. The van der Waals surface area contributed by atoms with Gasteiger partial charge in [-0.05, 0) is 57.1 Å². The van der Waals surface area contributed by atoms with Crippen LogP contribution in [0.2, 0.25) is 5.02 Å². The highest BCUT2D eigenvalue weighted by Crippen LogP contribution is 2.28. The second-order valence-electron chi connectivity index (χ2n) is 5.33. The van der Waals surface area contributed by atoms with Crippen LogP contribution in [0.3, 0.4) is 0 Å². The zero-order chi connectivity index (χ0) is 13.1. The van der Waals surface area contributed by atoms with Gasteiger partial charge in [0, 0.05) is 18.6 Å². The van der Waals surface area contributed by atoms with Gasteiger partial charge in [0.1, 0.15) is 0 Å². The summed E-state index contributed by atoms with van der Waals surface area (Å²) < 4.78 is 0. The second kappa shape index (κ2) is 5.81. The van der Waals surface area contributed by atoms with Crippen molar-refractivity contribution >= 4 is 23.0 Å². The molecule has 0 atom stereocenters. The standard InChI is InChI=1S/C14H22ClN3/c1-17-7-5-11(6-8-17)10-18(2)14-9-12(15)3-4-13(14)16/h3-4,9,11H,5-8,10,16H2,1-2H3. The van der Waals surface area contributed by atoms with E-state index in [1.165, 1.54) is 25.9 Å². The number of anilines is 2. The van der Waals surface area contributed by atoms with E-state index >= 15 is 0 Å². The van der Waals surface area contributed by atoms with E-state index in [0.29, 0.717) is 0 Å². The third-order valence-corrected chi connectivity index (χ3v) is 4.01. The molecule has 0 unspecified atom stereocenters. The maximum atomic E-state index is 6.03. The van der Waals surface area contributed by atoms with Crippen LogP contribution in [0.4, 0.5) is 11.4 Å². The Morgan fingerprint density at radius 3 is 2.72 bits per heavy atom.